The standard InChI is InChI=1S/C24H37N3O5/c1-24(2,3)32-23(30)27-14-13-26(21(16-27)17-28)15-19-9-11-25(12-10-19)22(29)31-18-20-7-5-4-6-8-20/h4-8,19,21,28H,9-18H2,1-3H3/t21-/m1/s1. The first-order valence-corrected chi connectivity index (χ1v) is 11.5. The van der Waals surface area contributed by atoms with Gasteiger partial charge in [-0.05, 0) is 45.1 Å². The molecule has 0 spiro atoms. The minimum atomic E-state index is -0.529. The second-order valence-corrected chi connectivity index (χ2v) is 9.73. The Hall–Kier alpha value is -2.32. The molecule has 1 N–H and O–H groups in total. The third kappa shape index (κ3) is 7.10. The smallest absolute Gasteiger partial charge is 0.410 e. The van der Waals surface area contributed by atoms with Crippen molar-refractivity contribution in [2.24, 2.45) is 5.92 Å². The number of hydrogen-bond donors (Lipinski definition) is 1. The Kier molecular flexibility index (Phi) is 8.37. The van der Waals surface area contributed by atoms with Gasteiger partial charge in [0.15, 0.2) is 0 Å². The van der Waals surface area contributed by atoms with Crippen molar-refractivity contribution in [3.8, 4) is 0 Å². The van der Waals surface area contributed by atoms with E-state index in [0.29, 0.717) is 45.2 Å². The van der Waals surface area contributed by atoms with Crippen LogP contribution >= 0.6 is 0 Å². The summed E-state index contributed by atoms with van der Waals surface area (Å²) in [5.74, 6) is 0.454. The minimum absolute atomic E-state index is 0.00392. The monoisotopic (exact) mass is 447 g/mol. The molecule has 8 heteroatoms. The van der Waals surface area contributed by atoms with Crippen LogP contribution in [0.2, 0.25) is 0 Å². The number of rotatable bonds is 5. The molecule has 1 aromatic carbocycles. The van der Waals surface area contributed by atoms with Crippen molar-refractivity contribution < 1.29 is 24.2 Å². The van der Waals surface area contributed by atoms with E-state index in [4.69, 9.17) is 9.47 Å². The van der Waals surface area contributed by atoms with Crippen molar-refractivity contribution in [1.82, 2.24) is 14.7 Å². The molecule has 0 radical (unpaired) electrons. The molecule has 0 aliphatic carbocycles. The van der Waals surface area contributed by atoms with Crippen molar-refractivity contribution in [2.45, 2.75) is 51.9 Å². The molecule has 1 aromatic rings. The maximum atomic E-state index is 12.4. The third-order valence-corrected chi connectivity index (χ3v) is 6.04. The maximum absolute atomic E-state index is 12.4. The summed E-state index contributed by atoms with van der Waals surface area (Å²) in [5, 5.41) is 9.90. The molecule has 1 atom stereocenters. The molecule has 2 aliphatic rings. The van der Waals surface area contributed by atoms with Crippen LogP contribution in [0.5, 0.6) is 0 Å². The highest BCUT2D eigenvalue weighted by atomic mass is 16.6. The molecule has 2 heterocycles. The zero-order valence-corrected chi connectivity index (χ0v) is 19.5. The molecule has 2 saturated heterocycles. The van der Waals surface area contributed by atoms with E-state index in [9.17, 15) is 14.7 Å². The molecule has 178 valence electrons. The van der Waals surface area contributed by atoms with Crippen LogP contribution in [0.1, 0.15) is 39.2 Å². The van der Waals surface area contributed by atoms with E-state index in [2.05, 4.69) is 4.90 Å². The van der Waals surface area contributed by atoms with Crippen molar-refractivity contribution in [3.05, 3.63) is 35.9 Å². The van der Waals surface area contributed by atoms with Crippen molar-refractivity contribution in [3.63, 3.8) is 0 Å². The quantitative estimate of drug-likeness (QED) is 0.747. The molecule has 8 nitrogen and oxygen atoms in total. The zero-order valence-electron chi connectivity index (χ0n) is 19.5. The number of aliphatic hydroxyl groups is 1. The topological polar surface area (TPSA) is 82.6 Å². The number of ether oxygens (including phenoxy) is 2. The van der Waals surface area contributed by atoms with E-state index >= 15 is 0 Å². The van der Waals surface area contributed by atoms with E-state index in [1.54, 1.807) is 9.80 Å². The summed E-state index contributed by atoms with van der Waals surface area (Å²) in [6.07, 6.45) is 1.24. The average Bonchev–Trinajstić information content (AvgIpc) is 2.77. The summed E-state index contributed by atoms with van der Waals surface area (Å²) < 4.78 is 10.9. The Morgan fingerprint density at radius 2 is 1.69 bits per heavy atom. The van der Waals surface area contributed by atoms with Gasteiger partial charge in [-0.25, -0.2) is 9.59 Å². The second kappa shape index (κ2) is 11.0. The van der Waals surface area contributed by atoms with Gasteiger partial charge in [-0.2, -0.15) is 0 Å². The predicted molar refractivity (Wildman–Crippen MR) is 121 cm³/mol. The van der Waals surface area contributed by atoms with E-state index in [1.807, 2.05) is 51.1 Å². The lowest BCUT2D eigenvalue weighted by molar-refractivity contribution is -0.00982. The highest BCUT2D eigenvalue weighted by molar-refractivity contribution is 5.68. The van der Waals surface area contributed by atoms with Crippen LogP contribution < -0.4 is 0 Å². The molecule has 2 amide bonds. The lowest BCUT2D eigenvalue weighted by atomic mass is 9.95. The number of amides is 2. The first kappa shape index (κ1) is 24.3. The SMILES string of the molecule is CC(C)(C)OC(=O)N1CCN(CC2CCN(C(=O)OCc3ccccc3)CC2)[C@@H](CO)C1. The van der Waals surface area contributed by atoms with Crippen LogP contribution in [-0.2, 0) is 16.1 Å². The van der Waals surface area contributed by atoms with Gasteiger partial charge in [0.05, 0.1) is 12.6 Å². The maximum Gasteiger partial charge on any atom is 0.410 e. The number of nitrogens with zero attached hydrogens (tertiary/aromatic N) is 3. The molecule has 3 rings (SSSR count). The van der Waals surface area contributed by atoms with Gasteiger partial charge in [-0.3, -0.25) is 4.90 Å². The van der Waals surface area contributed by atoms with Gasteiger partial charge in [0.25, 0.3) is 0 Å². The third-order valence-electron chi connectivity index (χ3n) is 6.04. The van der Waals surface area contributed by atoms with Gasteiger partial charge in [0.2, 0.25) is 0 Å². The molecule has 2 aliphatic heterocycles. The number of likely N-dealkylation sites (tertiary alicyclic amines) is 1. The Labute approximate surface area is 191 Å². The van der Waals surface area contributed by atoms with E-state index < -0.39 is 5.60 Å². The van der Waals surface area contributed by atoms with Gasteiger partial charge >= 0.3 is 12.2 Å². The Bertz CT molecular complexity index is 744. The fourth-order valence-corrected chi connectivity index (χ4v) is 4.24. The Balaban J connectivity index is 1.41. The largest absolute Gasteiger partial charge is 0.445 e. The number of aliphatic hydroxyl groups excluding tert-OH is 1. The number of benzene rings is 1. The first-order chi connectivity index (χ1) is 15.2. The van der Waals surface area contributed by atoms with E-state index in [-0.39, 0.29) is 24.8 Å². The van der Waals surface area contributed by atoms with Gasteiger partial charge in [-0.1, -0.05) is 30.3 Å². The van der Waals surface area contributed by atoms with Crippen molar-refractivity contribution >= 4 is 12.2 Å². The Morgan fingerprint density at radius 3 is 2.31 bits per heavy atom. The van der Waals surface area contributed by atoms with Crippen molar-refractivity contribution in [2.75, 3.05) is 45.9 Å². The zero-order chi connectivity index (χ0) is 23.1. The lowest BCUT2D eigenvalue weighted by Crippen LogP contribution is -2.58. The highest BCUT2D eigenvalue weighted by Crippen LogP contribution is 2.22. The van der Waals surface area contributed by atoms with Crippen LogP contribution in [-0.4, -0.2) is 89.5 Å². The van der Waals surface area contributed by atoms with Crippen LogP contribution in [0.15, 0.2) is 30.3 Å². The summed E-state index contributed by atoms with van der Waals surface area (Å²) >= 11 is 0. The number of hydrogen-bond acceptors (Lipinski definition) is 6. The van der Waals surface area contributed by atoms with Gasteiger partial charge in [0.1, 0.15) is 12.2 Å². The molecule has 0 aromatic heterocycles. The average molecular weight is 448 g/mol. The summed E-state index contributed by atoms with van der Waals surface area (Å²) in [5.41, 5.74) is 0.454. The molecule has 0 saturated carbocycles. The number of piperidine rings is 1. The van der Waals surface area contributed by atoms with E-state index in [0.717, 1.165) is 24.9 Å². The molecule has 2 fully saturated rings. The first-order valence-electron chi connectivity index (χ1n) is 11.5. The normalized spacial score (nSPS) is 20.8. The van der Waals surface area contributed by atoms with E-state index in [1.165, 1.54) is 0 Å². The fraction of sp³-hybridized carbons (Fsp3) is 0.667. The highest BCUT2D eigenvalue weighted by Gasteiger charge is 2.33. The van der Waals surface area contributed by atoms with Crippen LogP contribution in [0, 0.1) is 5.92 Å². The summed E-state index contributed by atoms with van der Waals surface area (Å²) in [7, 11) is 0. The van der Waals surface area contributed by atoms with Crippen LogP contribution in [0.4, 0.5) is 9.59 Å². The summed E-state index contributed by atoms with van der Waals surface area (Å²) in [6, 6.07) is 9.60. The molecular formula is C24H37N3O5. The summed E-state index contributed by atoms with van der Waals surface area (Å²) in [6.45, 7) is 9.86. The van der Waals surface area contributed by atoms with Gasteiger partial charge < -0.3 is 24.4 Å². The number of carbonyl (C=O) groups excluding carboxylic acids is 2. The van der Waals surface area contributed by atoms with Gasteiger partial charge in [0, 0.05) is 39.3 Å². The number of piperazine rings is 1. The summed E-state index contributed by atoms with van der Waals surface area (Å²) in [4.78, 5) is 30.5. The molecular weight excluding hydrogens is 410 g/mol. The van der Waals surface area contributed by atoms with Gasteiger partial charge in [-0.15, -0.1) is 0 Å². The minimum Gasteiger partial charge on any atom is -0.445 e. The van der Waals surface area contributed by atoms with Crippen LogP contribution in [0.3, 0.4) is 0 Å². The lowest BCUT2D eigenvalue weighted by Gasteiger charge is -2.43. The van der Waals surface area contributed by atoms with Crippen LogP contribution in [0.25, 0.3) is 0 Å². The fourth-order valence-electron chi connectivity index (χ4n) is 4.24. The van der Waals surface area contributed by atoms with Crippen molar-refractivity contribution in [1.29, 1.82) is 0 Å². The second-order valence-electron chi connectivity index (χ2n) is 9.73. The number of carbonyl (C=O) groups is 2. The molecule has 32 heavy (non-hydrogen) atoms. The predicted octanol–water partition coefficient (Wildman–Crippen LogP) is 2.95. The molecule has 0 unspecified atom stereocenters. The Morgan fingerprint density at radius 1 is 1.00 bits per heavy atom. The molecule has 0 bridgehead atoms.